The van der Waals surface area contributed by atoms with Gasteiger partial charge < -0.3 is 10.1 Å². The van der Waals surface area contributed by atoms with Crippen molar-refractivity contribution in [2.75, 3.05) is 10.2 Å². The van der Waals surface area contributed by atoms with Crippen molar-refractivity contribution < 1.29 is 9.53 Å². The lowest BCUT2D eigenvalue weighted by Gasteiger charge is -2.41. The van der Waals surface area contributed by atoms with Gasteiger partial charge in [0.05, 0.1) is 17.4 Å². The third kappa shape index (κ3) is 2.74. The van der Waals surface area contributed by atoms with Crippen molar-refractivity contribution in [1.29, 1.82) is 0 Å². The summed E-state index contributed by atoms with van der Waals surface area (Å²) in [6.45, 7) is 11.8. The number of anilines is 2. The molecule has 2 unspecified atom stereocenters. The van der Waals surface area contributed by atoms with Gasteiger partial charge in [0, 0.05) is 6.04 Å². The summed E-state index contributed by atoms with van der Waals surface area (Å²) in [4.78, 5) is 14.3. The maximum Gasteiger partial charge on any atom is 0.415 e. The van der Waals surface area contributed by atoms with Crippen LogP contribution in [0.25, 0.3) is 0 Å². The molecule has 1 aromatic carbocycles. The molecule has 1 N–H and O–H groups in total. The Labute approximate surface area is 121 Å². The molecule has 0 saturated heterocycles. The number of benzene rings is 1. The zero-order valence-electron chi connectivity index (χ0n) is 13.2. The van der Waals surface area contributed by atoms with E-state index in [-0.39, 0.29) is 18.2 Å². The van der Waals surface area contributed by atoms with Gasteiger partial charge >= 0.3 is 6.09 Å². The van der Waals surface area contributed by atoms with Crippen molar-refractivity contribution in [3.05, 3.63) is 23.8 Å². The lowest BCUT2D eigenvalue weighted by molar-refractivity contribution is 0.0563. The molecule has 1 amide bonds. The molecule has 0 spiro atoms. The van der Waals surface area contributed by atoms with E-state index in [1.807, 2.05) is 52.8 Å². The monoisotopic (exact) mass is 276 g/mol. The minimum absolute atomic E-state index is 0.0409. The normalized spacial score (nSPS) is 22.0. The number of amides is 1. The summed E-state index contributed by atoms with van der Waals surface area (Å²) in [5.41, 5.74) is 2.55. The number of nitrogens with one attached hydrogen (secondary N) is 1. The predicted octanol–water partition coefficient (Wildman–Crippen LogP) is 3.94. The second-order valence-corrected chi connectivity index (χ2v) is 6.49. The Bertz CT molecular complexity index is 520. The second-order valence-electron chi connectivity index (χ2n) is 6.49. The average Bonchev–Trinajstić information content (AvgIpc) is 2.29. The standard InChI is InChI=1S/C16H24N2O2/c1-10-8-7-9-13-14(10)17-11(2)12(3)18(13)15(19)20-16(4,5)6/h7-9,11-12,17H,1-6H3. The summed E-state index contributed by atoms with van der Waals surface area (Å²) in [6, 6.07) is 6.19. The molecule has 0 bridgehead atoms. The lowest BCUT2D eigenvalue weighted by atomic mass is 10.0. The Kier molecular flexibility index (Phi) is 3.67. The van der Waals surface area contributed by atoms with Crippen LogP contribution in [0.1, 0.15) is 40.2 Å². The summed E-state index contributed by atoms with van der Waals surface area (Å²) in [6.07, 6.45) is -0.287. The number of ether oxygens (including phenoxy) is 1. The molecule has 0 aromatic heterocycles. The first-order valence-corrected chi connectivity index (χ1v) is 7.09. The van der Waals surface area contributed by atoms with Gasteiger partial charge in [-0.15, -0.1) is 0 Å². The lowest BCUT2D eigenvalue weighted by Crippen LogP contribution is -2.52. The van der Waals surface area contributed by atoms with E-state index < -0.39 is 5.60 Å². The molecule has 2 atom stereocenters. The molecule has 0 radical (unpaired) electrons. The number of hydrogen-bond donors (Lipinski definition) is 1. The number of para-hydroxylation sites is 1. The molecule has 0 fully saturated rings. The van der Waals surface area contributed by atoms with Crippen molar-refractivity contribution in [2.45, 2.75) is 59.2 Å². The van der Waals surface area contributed by atoms with Crippen LogP contribution in [0.2, 0.25) is 0 Å². The van der Waals surface area contributed by atoms with E-state index in [2.05, 4.69) is 12.2 Å². The Morgan fingerprint density at radius 2 is 1.95 bits per heavy atom. The molecular weight excluding hydrogens is 252 g/mol. The summed E-state index contributed by atoms with van der Waals surface area (Å²) >= 11 is 0. The summed E-state index contributed by atoms with van der Waals surface area (Å²) < 4.78 is 5.55. The Hall–Kier alpha value is -1.71. The predicted molar refractivity (Wildman–Crippen MR) is 82.4 cm³/mol. The third-order valence-corrected chi connectivity index (χ3v) is 3.60. The van der Waals surface area contributed by atoms with E-state index in [1.54, 1.807) is 4.90 Å². The van der Waals surface area contributed by atoms with E-state index in [0.717, 1.165) is 16.9 Å². The van der Waals surface area contributed by atoms with Gasteiger partial charge in [-0.2, -0.15) is 0 Å². The number of hydrogen-bond acceptors (Lipinski definition) is 3. The first-order valence-electron chi connectivity index (χ1n) is 7.09. The van der Waals surface area contributed by atoms with Crippen LogP contribution in [0.3, 0.4) is 0 Å². The van der Waals surface area contributed by atoms with Crippen molar-refractivity contribution in [2.24, 2.45) is 0 Å². The van der Waals surface area contributed by atoms with E-state index in [1.165, 1.54) is 0 Å². The van der Waals surface area contributed by atoms with Gasteiger partial charge in [0.1, 0.15) is 5.60 Å². The fraction of sp³-hybridized carbons (Fsp3) is 0.562. The molecule has 2 rings (SSSR count). The molecule has 0 saturated carbocycles. The number of nitrogens with zero attached hydrogens (tertiary/aromatic N) is 1. The summed E-state index contributed by atoms with van der Waals surface area (Å²) in [5.74, 6) is 0. The topological polar surface area (TPSA) is 41.6 Å². The van der Waals surface area contributed by atoms with E-state index in [4.69, 9.17) is 4.74 Å². The highest BCUT2D eigenvalue weighted by Gasteiger charge is 2.35. The fourth-order valence-corrected chi connectivity index (χ4v) is 2.41. The summed E-state index contributed by atoms with van der Waals surface area (Å²) in [5, 5.41) is 3.48. The highest BCUT2D eigenvalue weighted by Crippen LogP contribution is 2.37. The van der Waals surface area contributed by atoms with Gasteiger partial charge in [-0.05, 0) is 53.2 Å². The Balaban J connectivity index is 2.42. The maximum atomic E-state index is 12.5. The van der Waals surface area contributed by atoms with Gasteiger partial charge in [0.25, 0.3) is 0 Å². The Morgan fingerprint density at radius 1 is 1.30 bits per heavy atom. The van der Waals surface area contributed by atoms with Crippen LogP contribution in [0.5, 0.6) is 0 Å². The number of rotatable bonds is 0. The van der Waals surface area contributed by atoms with Gasteiger partial charge in [0.15, 0.2) is 0 Å². The second kappa shape index (κ2) is 5.00. The zero-order chi connectivity index (χ0) is 15.1. The van der Waals surface area contributed by atoms with Crippen LogP contribution >= 0.6 is 0 Å². The molecular formula is C16H24N2O2. The van der Waals surface area contributed by atoms with Gasteiger partial charge in [-0.3, -0.25) is 4.90 Å². The van der Waals surface area contributed by atoms with Gasteiger partial charge in [-0.25, -0.2) is 4.79 Å². The molecule has 1 aliphatic heterocycles. The molecule has 4 heteroatoms. The van der Waals surface area contributed by atoms with Crippen LogP contribution in [0, 0.1) is 6.92 Å². The Morgan fingerprint density at radius 3 is 2.55 bits per heavy atom. The molecule has 0 aliphatic carbocycles. The first-order chi connectivity index (χ1) is 9.20. The van der Waals surface area contributed by atoms with Crippen molar-refractivity contribution >= 4 is 17.5 Å². The minimum Gasteiger partial charge on any atom is -0.443 e. The molecule has 110 valence electrons. The quantitative estimate of drug-likeness (QED) is 0.780. The fourth-order valence-electron chi connectivity index (χ4n) is 2.41. The number of fused-ring (bicyclic) bond motifs is 1. The number of carbonyl (C=O) groups is 1. The van der Waals surface area contributed by atoms with Crippen molar-refractivity contribution in [3.63, 3.8) is 0 Å². The molecule has 1 aromatic rings. The van der Waals surface area contributed by atoms with E-state index in [0.29, 0.717) is 0 Å². The largest absolute Gasteiger partial charge is 0.443 e. The smallest absolute Gasteiger partial charge is 0.415 e. The SMILES string of the molecule is Cc1cccc2c1NC(C)C(C)N2C(=O)OC(C)(C)C. The van der Waals surface area contributed by atoms with Crippen LogP contribution in [0.15, 0.2) is 18.2 Å². The van der Waals surface area contributed by atoms with Gasteiger partial charge in [-0.1, -0.05) is 12.1 Å². The number of aryl methyl sites for hydroxylation is 1. The highest BCUT2D eigenvalue weighted by atomic mass is 16.6. The van der Waals surface area contributed by atoms with Gasteiger partial charge in [0.2, 0.25) is 0 Å². The molecule has 4 nitrogen and oxygen atoms in total. The van der Waals surface area contributed by atoms with Crippen molar-refractivity contribution in [3.8, 4) is 0 Å². The highest BCUT2D eigenvalue weighted by molar-refractivity contribution is 5.95. The zero-order valence-corrected chi connectivity index (χ0v) is 13.2. The van der Waals surface area contributed by atoms with Crippen LogP contribution in [0.4, 0.5) is 16.2 Å². The van der Waals surface area contributed by atoms with Crippen molar-refractivity contribution in [1.82, 2.24) is 0 Å². The third-order valence-electron chi connectivity index (χ3n) is 3.60. The van der Waals surface area contributed by atoms with E-state index >= 15 is 0 Å². The molecule has 1 heterocycles. The van der Waals surface area contributed by atoms with E-state index in [9.17, 15) is 4.79 Å². The van der Waals surface area contributed by atoms with Crippen LogP contribution in [-0.4, -0.2) is 23.8 Å². The minimum atomic E-state index is -0.491. The van der Waals surface area contributed by atoms with Crippen LogP contribution < -0.4 is 10.2 Å². The first kappa shape index (κ1) is 14.7. The number of carbonyl (C=O) groups excluding carboxylic acids is 1. The summed E-state index contributed by atoms with van der Waals surface area (Å²) in [7, 11) is 0. The average molecular weight is 276 g/mol. The molecule has 20 heavy (non-hydrogen) atoms. The molecule has 1 aliphatic rings. The maximum absolute atomic E-state index is 12.5. The van der Waals surface area contributed by atoms with Crippen LogP contribution in [-0.2, 0) is 4.74 Å².